The highest BCUT2D eigenvalue weighted by atomic mass is 32.2. The lowest BCUT2D eigenvalue weighted by Crippen LogP contribution is -2.33. The largest absolute Gasteiger partial charge is 0.397 e. The number of amides is 1. The standard InChI is InChI=1S/C11H15N3OS/c12-9-7-8(11(13)15)1-2-10(9)14-3-5-16-6-4-14/h1-2,7H,3-6,12H2,(H2,13,15). The van der Waals surface area contributed by atoms with Crippen LogP contribution in [0, 0.1) is 0 Å². The summed E-state index contributed by atoms with van der Waals surface area (Å²) in [6.45, 7) is 2.01. The van der Waals surface area contributed by atoms with E-state index in [1.54, 1.807) is 12.1 Å². The molecule has 1 fully saturated rings. The number of nitrogens with two attached hydrogens (primary N) is 2. The summed E-state index contributed by atoms with van der Waals surface area (Å²) in [7, 11) is 0. The molecule has 2 rings (SSSR count). The Balaban J connectivity index is 2.24. The van der Waals surface area contributed by atoms with Crippen molar-refractivity contribution in [1.82, 2.24) is 0 Å². The Kier molecular flexibility index (Phi) is 3.24. The normalized spacial score (nSPS) is 16.1. The van der Waals surface area contributed by atoms with E-state index in [0.717, 1.165) is 30.3 Å². The van der Waals surface area contributed by atoms with Crippen molar-refractivity contribution in [2.24, 2.45) is 5.73 Å². The van der Waals surface area contributed by atoms with Gasteiger partial charge < -0.3 is 16.4 Å². The van der Waals surface area contributed by atoms with Crippen LogP contribution in [-0.4, -0.2) is 30.5 Å². The Bertz CT molecular complexity index is 402. The Labute approximate surface area is 99.0 Å². The van der Waals surface area contributed by atoms with Gasteiger partial charge in [-0.3, -0.25) is 4.79 Å². The fraction of sp³-hybridized carbons (Fsp3) is 0.364. The second-order valence-electron chi connectivity index (χ2n) is 3.74. The van der Waals surface area contributed by atoms with Crippen LogP contribution in [-0.2, 0) is 0 Å². The number of hydrogen-bond acceptors (Lipinski definition) is 4. The van der Waals surface area contributed by atoms with Gasteiger partial charge in [0.05, 0.1) is 11.4 Å². The molecule has 1 aliphatic heterocycles. The van der Waals surface area contributed by atoms with Gasteiger partial charge in [0.25, 0.3) is 0 Å². The molecule has 0 aromatic heterocycles. The van der Waals surface area contributed by atoms with Gasteiger partial charge in [0.1, 0.15) is 0 Å². The monoisotopic (exact) mass is 237 g/mol. The number of rotatable bonds is 2. The molecule has 4 N–H and O–H groups in total. The van der Waals surface area contributed by atoms with Crippen LogP contribution in [0.3, 0.4) is 0 Å². The van der Waals surface area contributed by atoms with Crippen LogP contribution < -0.4 is 16.4 Å². The topological polar surface area (TPSA) is 72.4 Å². The molecule has 1 aromatic carbocycles. The molecule has 86 valence electrons. The number of benzene rings is 1. The number of anilines is 2. The summed E-state index contributed by atoms with van der Waals surface area (Å²) < 4.78 is 0. The van der Waals surface area contributed by atoms with E-state index in [-0.39, 0.29) is 0 Å². The molecule has 4 nitrogen and oxygen atoms in total. The smallest absolute Gasteiger partial charge is 0.248 e. The Morgan fingerprint density at radius 3 is 2.56 bits per heavy atom. The number of carbonyl (C=O) groups excluding carboxylic acids is 1. The molecule has 0 aliphatic carbocycles. The predicted octanol–water partition coefficient (Wildman–Crippen LogP) is 0.921. The van der Waals surface area contributed by atoms with Crippen molar-refractivity contribution >= 4 is 29.0 Å². The summed E-state index contributed by atoms with van der Waals surface area (Å²) >= 11 is 1.95. The van der Waals surface area contributed by atoms with Crippen molar-refractivity contribution in [3.63, 3.8) is 0 Å². The lowest BCUT2D eigenvalue weighted by molar-refractivity contribution is 0.100. The van der Waals surface area contributed by atoms with Gasteiger partial charge >= 0.3 is 0 Å². The number of primary amides is 1. The maximum absolute atomic E-state index is 11.0. The van der Waals surface area contributed by atoms with Crippen molar-refractivity contribution < 1.29 is 4.79 Å². The van der Waals surface area contributed by atoms with E-state index in [9.17, 15) is 4.79 Å². The quantitative estimate of drug-likeness (QED) is 0.750. The summed E-state index contributed by atoms with van der Waals surface area (Å²) in [4.78, 5) is 13.2. The Hall–Kier alpha value is -1.36. The van der Waals surface area contributed by atoms with Gasteiger partial charge in [-0.2, -0.15) is 11.8 Å². The van der Waals surface area contributed by atoms with Gasteiger partial charge in [0.2, 0.25) is 5.91 Å². The summed E-state index contributed by atoms with van der Waals surface area (Å²) in [6.07, 6.45) is 0. The fourth-order valence-corrected chi connectivity index (χ4v) is 2.70. The second kappa shape index (κ2) is 4.65. The van der Waals surface area contributed by atoms with Crippen molar-refractivity contribution in [3.8, 4) is 0 Å². The molecular formula is C11H15N3OS. The predicted molar refractivity (Wildman–Crippen MR) is 68.9 cm³/mol. The van der Waals surface area contributed by atoms with Gasteiger partial charge in [-0.15, -0.1) is 0 Å². The molecule has 1 heterocycles. The molecule has 1 amide bonds. The molecule has 0 unspecified atom stereocenters. The lowest BCUT2D eigenvalue weighted by Gasteiger charge is -2.29. The number of hydrogen-bond donors (Lipinski definition) is 2. The minimum absolute atomic E-state index is 0.438. The van der Waals surface area contributed by atoms with E-state index in [2.05, 4.69) is 4.90 Å². The minimum Gasteiger partial charge on any atom is -0.397 e. The highest BCUT2D eigenvalue weighted by Crippen LogP contribution is 2.26. The maximum Gasteiger partial charge on any atom is 0.248 e. The molecule has 0 bridgehead atoms. The van der Waals surface area contributed by atoms with Crippen LogP contribution in [0.25, 0.3) is 0 Å². The molecule has 0 radical (unpaired) electrons. The molecule has 1 aromatic rings. The summed E-state index contributed by atoms with van der Waals surface area (Å²) in [6, 6.07) is 5.26. The molecule has 0 saturated carbocycles. The summed E-state index contributed by atoms with van der Waals surface area (Å²) in [5.41, 5.74) is 13.2. The molecule has 0 atom stereocenters. The van der Waals surface area contributed by atoms with Gasteiger partial charge in [0, 0.05) is 30.2 Å². The Morgan fingerprint density at radius 2 is 2.00 bits per heavy atom. The van der Waals surface area contributed by atoms with Crippen molar-refractivity contribution in [3.05, 3.63) is 23.8 Å². The fourth-order valence-electron chi connectivity index (χ4n) is 1.80. The van der Waals surface area contributed by atoms with E-state index in [0.29, 0.717) is 11.3 Å². The highest BCUT2D eigenvalue weighted by molar-refractivity contribution is 7.99. The number of thioether (sulfide) groups is 1. The van der Waals surface area contributed by atoms with Crippen LogP contribution in [0.15, 0.2) is 18.2 Å². The van der Waals surface area contributed by atoms with Crippen LogP contribution in [0.5, 0.6) is 0 Å². The minimum atomic E-state index is -0.438. The van der Waals surface area contributed by atoms with Crippen LogP contribution in [0.1, 0.15) is 10.4 Å². The number of nitrogens with zero attached hydrogens (tertiary/aromatic N) is 1. The van der Waals surface area contributed by atoms with Gasteiger partial charge in [-0.1, -0.05) is 0 Å². The van der Waals surface area contributed by atoms with E-state index in [1.165, 1.54) is 0 Å². The average molecular weight is 237 g/mol. The molecule has 5 heteroatoms. The summed E-state index contributed by atoms with van der Waals surface area (Å²) in [5, 5.41) is 0. The summed E-state index contributed by atoms with van der Waals surface area (Å²) in [5.74, 6) is 1.81. The molecule has 0 spiro atoms. The first-order valence-corrected chi connectivity index (χ1v) is 6.36. The van der Waals surface area contributed by atoms with Crippen molar-refractivity contribution in [2.75, 3.05) is 35.2 Å². The zero-order valence-electron chi connectivity index (χ0n) is 8.98. The number of carbonyl (C=O) groups is 1. The molecule has 16 heavy (non-hydrogen) atoms. The van der Waals surface area contributed by atoms with E-state index in [1.807, 2.05) is 17.8 Å². The highest BCUT2D eigenvalue weighted by Gasteiger charge is 2.14. The molecule has 1 aliphatic rings. The zero-order valence-corrected chi connectivity index (χ0v) is 9.80. The molecule has 1 saturated heterocycles. The van der Waals surface area contributed by atoms with E-state index < -0.39 is 5.91 Å². The van der Waals surface area contributed by atoms with Crippen LogP contribution >= 0.6 is 11.8 Å². The van der Waals surface area contributed by atoms with Gasteiger partial charge in [-0.05, 0) is 18.2 Å². The first-order chi connectivity index (χ1) is 7.68. The Morgan fingerprint density at radius 1 is 1.31 bits per heavy atom. The van der Waals surface area contributed by atoms with E-state index >= 15 is 0 Å². The third-order valence-corrected chi connectivity index (χ3v) is 3.61. The third kappa shape index (κ3) is 2.24. The SMILES string of the molecule is NC(=O)c1ccc(N2CCSCC2)c(N)c1. The molecular weight excluding hydrogens is 222 g/mol. The lowest BCUT2D eigenvalue weighted by atomic mass is 10.1. The third-order valence-electron chi connectivity index (χ3n) is 2.66. The first-order valence-electron chi connectivity index (χ1n) is 5.20. The zero-order chi connectivity index (χ0) is 11.5. The second-order valence-corrected chi connectivity index (χ2v) is 4.96. The van der Waals surface area contributed by atoms with Crippen LogP contribution in [0.4, 0.5) is 11.4 Å². The van der Waals surface area contributed by atoms with Crippen molar-refractivity contribution in [2.45, 2.75) is 0 Å². The van der Waals surface area contributed by atoms with Gasteiger partial charge in [-0.25, -0.2) is 0 Å². The average Bonchev–Trinajstić information content (AvgIpc) is 2.30. The van der Waals surface area contributed by atoms with E-state index in [4.69, 9.17) is 11.5 Å². The number of nitrogen functional groups attached to an aromatic ring is 1. The van der Waals surface area contributed by atoms with Crippen LogP contribution in [0.2, 0.25) is 0 Å². The van der Waals surface area contributed by atoms with Crippen molar-refractivity contribution in [1.29, 1.82) is 0 Å². The maximum atomic E-state index is 11.0. The first kappa shape index (κ1) is 11.1. The van der Waals surface area contributed by atoms with Gasteiger partial charge in [0.15, 0.2) is 0 Å².